The van der Waals surface area contributed by atoms with Gasteiger partial charge in [0, 0.05) is 12.6 Å². The number of nitrogens with one attached hydrogen (secondary N) is 1. The fourth-order valence-electron chi connectivity index (χ4n) is 3.93. The van der Waals surface area contributed by atoms with E-state index in [1.165, 1.54) is 6.42 Å². The molecule has 9 heteroatoms. The van der Waals surface area contributed by atoms with E-state index in [9.17, 15) is 8.42 Å². The molecule has 3 heterocycles. The molecule has 0 bridgehead atoms. The summed E-state index contributed by atoms with van der Waals surface area (Å²) in [6, 6.07) is 5.73. The van der Waals surface area contributed by atoms with Crippen LogP contribution in [-0.4, -0.2) is 44.9 Å². The third kappa shape index (κ3) is 3.74. The first kappa shape index (κ1) is 19.2. The van der Waals surface area contributed by atoms with E-state index in [1.54, 1.807) is 13.8 Å². The monoisotopic (exact) mass is 407 g/mol. The Balaban J connectivity index is 1.59. The molecule has 4 rings (SSSR count). The van der Waals surface area contributed by atoms with E-state index in [4.69, 9.17) is 14.0 Å². The number of benzene rings is 1. The number of likely N-dealkylation sites (tertiary alicyclic amines) is 1. The van der Waals surface area contributed by atoms with E-state index in [1.807, 2.05) is 18.2 Å². The molecule has 0 spiro atoms. The van der Waals surface area contributed by atoms with Crippen molar-refractivity contribution in [3.63, 3.8) is 0 Å². The minimum Gasteiger partial charge on any atom is -0.454 e. The van der Waals surface area contributed by atoms with Crippen LogP contribution in [0.15, 0.2) is 27.6 Å². The van der Waals surface area contributed by atoms with Crippen LogP contribution in [0.5, 0.6) is 11.5 Å². The summed E-state index contributed by atoms with van der Waals surface area (Å²) in [6.45, 7) is 5.58. The average molecular weight is 407 g/mol. The van der Waals surface area contributed by atoms with E-state index >= 15 is 0 Å². The SMILES string of the molecule is Cc1noc(C)c1S(=O)(=O)NCC(c1ccc2c(c1)OCO2)N1CCCCC1. The van der Waals surface area contributed by atoms with Gasteiger partial charge in [-0.25, -0.2) is 13.1 Å². The van der Waals surface area contributed by atoms with Gasteiger partial charge in [0.15, 0.2) is 17.3 Å². The number of piperidine rings is 1. The summed E-state index contributed by atoms with van der Waals surface area (Å²) >= 11 is 0. The van der Waals surface area contributed by atoms with E-state index in [-0.39, 0.29) is 24.3 Å². The van der Waals surface area contributed by atoms with Crippen molar-refractivity contribution >= 4 is 10.0 Å². The van der Waals surface area contributed by atoms with Gasteiger partial charge in [0.05, 0.1) is 0 Å². The molecule has 0 amide bonds. The minimum atomic E-state index is -3.72. The molecular formula is C19H25N3O5S. The van der Waals surface area contributed by atoms with Crippen LogP contribution in [0, 0.1) is 13.8 Å². The zero-order valence-electron chi connectivity index (χ0n) is 16.1. The lowest BCUT2D eigenvalue weighted by molar-refractivity contribution is 0.164. The topological polar surface area (TPSA) is 93.9 Å². The van der Waals surface area contributed by atoms with Gasteiger partial charge in [-0.15, -0.1) is 0 Å². The lowest BCUT2D eigenvalue weighted by Crippen LogP contribution is -2.40. The summed E-state index contributed by atoms with van der Waals surface area (Å²) in [5.41, 5.74) is 1.37. The number of aryl methyl sites for hydroxylation is 2. The second-order valence-electron chi connectivity index (χ2n) is 7.23. The number of aromatic nitrogens is 1. The van der Waals surface area contributed by atoms with Crippen LogP contribution < -0.4 is 14.2 Å². The molecule has 2 aliphatic rings. The van der Waals surface area contributed by atoms with Gasteiger partial charge in [-0.05, 0) is 57.5 Å². The van der Waals surface area contributed by atoms with Crippen molar-refractivity contribution in [1.29, 1.82) is 0 Å². The molecule has 1 unspecified atom stereocenters. The highest BCUT2D eigenvalue weighted by Gasteiger charge is 2.29. The Morgan fingerprint density at radius 3 is 2.61 bits per heavy atom. The van der Waals surface area contributed by atoms with Crippen molar-refractivity contribution in [2.45, 2.75) is 44.0 Å². The third-order valence-electron chi connectivity index (χ3n) is 5.32. The lowest BCUT2D eigenvalue weighted by atomic mass is 10.0. The number of nitrogens with zero attached hydrogens (tertiary/aromatic N) is 2. The number of rotatable bonds is 6. The molecule has 1 aromatic heterocycles. The molecule has 1 saturated heterocycles. The number of sulfonamides is 1. The zero-order chi connectivity index (χ0) is 19.7. The molecular weight excluding hydrogens is 382 g/mol. The average Bonchev–Trinajstić information content (AvgIpc) is 3.28. The number of ether oxygens (including phenoxy) is 2. The fourth-order valence-corrected chi connectivity index (χ4v) is 5.29. The maximum absolute atomic E-state index is 12.9. The predicted molar refractivity (Wildman–Crippen MR) is 102 cm³/mol. The molecule has 1 aromatic carbocycles. The van der Waals surface area contributed by atoms with Gasteiger partial charge < -0.3 is 14.0 Å². The largest absolute Gasteiger partial charge is 0.454 e. The Morgan fingerprint density at radius 2 is 1.89 bits per heavy atom. The quantitative estimate of drug-likeness (QED) is 0.786. The highest BCUT2D eigenvalue weighted by molar-refractivity contribution is 7.89. The van der Waals surface area contributed by atoms with E-state index < -0.39 is 10.0 Å². The standard InChI is InChI=1S/C19H25N3O5S/c1-13-19(14(2)27-21-13)28(23,24)20-11-16(22-8-4-3-5-9-22)15-6-7-17-18(10-15)26-12-25-17/h6-7,10,16,20H,3-5,8-9,11-12H2,1-2H3. The molecule has 2 aliphatic heterocycles. The highest BCUT2D eigenvalue weighted by Crippen LogP contribution is 2.36. The van der Waals surface area contributed by atoms with Crippen molar-refractivity contribution in [1.82, 2.24) is 14.8 Å². The first-order valence-electron chi connectivity index (χ1n) is 9.52. The molecule has 0 radical (unpaired) electrons. The van der Waals surface area contributed by atoms with Crippen LogP contribution in [0.1, 0.15) is 42.3 Å². The Bertz CT molecular complexity index is 931. The van der Waals surface area contributed by atoms with E-state index in [0.29, 0.717) is 17.2 Å². The molecule has 1 atom stereocenters. The lowest BCUT2D eigenvalue weighted by Gasteiger charge is -2.35. The minimum absolute atomic E-state index is 0.0925. The molecule has 1 fully saturated rings. The van der Waals surface area contributed by atoms with Gasteiger partial charge in [0.1, 0.15) is 10.6 Å². The van der Waals surface area contributed by atoms with Gasteiger partial charge in [-0.2, -0.15) is 0 Å². The second-order valence-corrected chi connectivity index (χ2v) is 8.93. The molecule has 152 valence electrons. The Labute approximate surface area is 164 Å². The highest BCUT2D eigenvalue weighted by atomic mass is 32.2. The van der Waals surface area contributed by atoms with Crippen molar-refractivity contribution in [2.75, 3.05) is 26.4 Å². The first-order valence-corrected chi connectivity index (χ1v) is 11.0. The Morgan fingerprint density at radius 1 is 1.14 bits per heavy atom. The molecule has 1 N–H and O–H groups in total. The van der Waals surface area contributed by atoms with Crippen molar-refractivity contribution in [3.8, 4) is 11.5 Å². The fraction of sp³-hybridized carbons (Fsp3) is 0.526. The van der Waals surface area contributed by atoms with Crippen LogP contribution in [0.3, 0.4) is 0 Å². The van der Waals surface area contributed by atoms with Crippen LogP contribution in [0.4, 0.5) is 0 Å². The van der Waals surface area contributed by atoms with Gasteiger partial charge in [-0.1, -0.05) is 17.6 Å². The van der Waals surface area contributed by atoms with E-state index in [2.05, 4.69) is 14.8 Å². The van der Waals surface area contributed by atoms with Gasteiger partial charge in [-0.3, -0.25) is 4.90 Å². The van der Waals surface area contributed by atoms with Gasteiger partial charge >= 0.3 is 0 Å². The molecule has 0 saturated carbocycles. The summed E-state index contributed by atoms with van der Waals surface area (Å²) in [7, 11) is -3.72. The Hall–Kier alpha value is -2.10. The van der Waals surface area contributed by atoms with Crippen molar-refractivity contribution in [2.24, 2.45) is 0 Å². The van der Waals surface area contributed by atoms with E-state index in [0.717, 1.165) is 37.2 Å². The predicted octanol–water partition coefficient (Wildman–Crippen LogP) is 2.53. The molecule has 0 aliphatic carbocycles. The van der Waals surface area contributed by atoms with Crippen LogP contribution >= 0.6 is 0 Å². The van der Waals surface area contributed by atoms with Crippen molar-refractivity contribution in [3.05, 3.63) is 35.2 Å². The van der Waals surface area contributed by atoms with Crippen LogP contribution in [0.25, 0.3) is 0 Å². The molecule has 28 heavy (non-hydrogen) atoms. The third-order valence-corrected chi connectivity index (χ3v) is 6.98. The number of hydrogen-bond acceptors (Lipinski definition) is 7. The second kappa shape index (κ2) is 7.73. The summed E-state index contributed by atoms with van der Waals surface area (Å²) in [6.07, 6.45) is 3.42. The van der Waals surface area contributed by atoms with Crippen LogP contribution in [0.2, 0.25) is 0 Å². The Kier molecular flexibility index (Phi) is 5.31. The summed E-state index contributed by atoms with van der Waals surface area (Å²) in [5, 5.41) is 3.76. The maximum Gasteiger partial charge on any atom is 0.246 e. The summed E-state index contributed by atoms with van der Waals surface area (Å²) < 4.78 is 44.4. The van der Waals surface area contributed by atoms with Crippen LogP contribution in [-0.2, 0) is 10.0 Å². The molecule has 2 aromatic rings. The van der Waals surface area contributed by atoms with Gasteiger partial charge in [0.2, 0.25) is 16.8 Å². The summed E-state index contributed by atoms with van der Waals surface area (Å²) in [4.78, 5) is 2.45. The smallest absolute Gasteiger partial charge is 0.246 e. The normalized spacial score (nSPS) is 18.4. The maximum atomic E-state index is 12.9. The first-order chi connectivity index (χ1) is 13.5. The summed E-state index contributed by atoms with van der Waals surface area (Å²) in [5.74, 6) is 1.72. The van der Waals surface area contributed by atoms with Gasteiger partial charge in [0.25, 0.3) is 0 Å². The van der Waals surface area contributed by atoms with Crippen molar-refractivity contribution < 1.29 is 22.4 Å². The zero-order valence-corrected chi connectivity index (χ0v) is 16.9. The number of hydrogen-bond donors (Lipinski definition) is 1. The number of fused-ring (bicyclic) bond motifs is 1. The molecule has 8 nitrogen and oxygen atoms in total.